The van der Waals surface area contributed by atoms with E-state index in [4.69, 9.17) is 0 Å². The molecule has 29 heavy (non-hydrogen) atoms. The molecule has 0 unspecified atom stereocenters. The third-order valence-electron chi connectivity index (χ3n) is 5.95. The van der Waals surface area contributed by atoms with Crippen molar-refractivity contribution in [3.63, 3.8) is 0 Å². The maximum absolute atomic E-state index is 13.2. The maximum atomic E-state index is 13.2. The molecular formula is C23H24N2O3S. The zero-order chi connectivity index (χ0) is 20.4. The van der Waals surface area contributed by atoms with Crippen molar-refractivity contribution in [2.45, 2.75) is 48.6 Å². The van der Waals surface area contributed by atoms with Gasteiger partial charge >= 0.3 is 0 Å². The van der Waals surface area contributed by atoms with E-state index in [1.165, 1.54) is 28.4 Å². The molecule has 1 aliphatic heterocycles. The Labute approximate surface area is 172 Å². The minimum absolute atomic E-state index is 0.139. The van der Waals surface area contributed by atoms with E-state index < -0.39 is 22.1 Å². The summed E-state index contributed by atoms with van der Waals surface area (Å²) in [5.41, 5.74) is 3.28. The van der Waals surface area contributed by atoms with Crippen molar-refractivity contribution in [1.82, 2.24) is 4.31 Å². The highest BCUT2D eigenvalue weighted by atomic mass is 32.2. The number of rotatable bonds is 5. The molecule has 0 saturated carbocycles. The van der Waals surface area contributed by atoms with Crippen molar-refractivity contribution in [2.75, 3.05) is 6.61 Å². The van der Waals surface area contributed by atoms with Crippen LogP contribution in [-0.4, -0.2) is 36.5 Å². The summed E-state index contributed by atoms with van der Waals surface area (Å²) < 4.78 is 27.5. The third-order valence-corrected chi connectivity index (χ3v) is 7.87. The second-order valence-electron chi connectivity index (χ2n) is 7.56. The minimum atomic E-state index is -3.87. The number of aliphatic hydroxyl groups is 1. The SMILES string of the molecule is N#C[C@@H]1[C@H](c2ccccc2C2=CCCCC2)[C@@H](CO)N1S(=O)(=O)c1ccccc1. The first-order valence-corrected chi connectivity index (χ1v) is 11.4. The van der Waals surface area contributed by atoms with Crippen LogP contribution in [0.5, 0.6) is 0 Å². The molecule has 1 aliphatic carbocycles. The molecular weight excluding hydrogens is 384 g/mol. The Morgan fingerprint density at radius 1 is 1.07 bits per heavy atom. The van der Waals surface area contributed by atoms with Gasteiger partial charge in [0.1, 0.15) is 6.04 Å². The van der Waals surface area contributed by atoms with E-state index in [1.807, 2.05) is 24.3 Å². The van der Waals surface area contributed by atoms with Crippen LogP contribution in [0.1, 0.15) is 42.7 Å². The average molecular weight is 409 g/mol. The fourth-order valence-electron chi connectivity index (χ4n) is 4.55. The third kappa shape index (κ3) is 3.40. The van der Waals surface area contributed by atoms with E-state index in [1.54, 1.807) is 18.2 Å². The molecule has 1 saturated heterocycles. The standard InChI is InChI=1S/C23H24N2O3S/c24-15-21-23(20-14-8-7-13-19(20)17-9-3-1-4-10-17)22(16-26)25(21)29(27,28)18-11-5-2-6-12-18/h2,5-9,11-14,21-23,26H,1,3-4,10,16H2/t21-,22-,23+/m1/s1. The highest BCUT2D eigenvalue weighted by Crippen LogP contribution is 2.46. The van der Waals surface area contributed by atoms with Gasteiger partial charge in [-0.2, -0.15) is 9.57 Å². The lowest BCUT2D eigenvalue weighted by Crippen LogP contribution is -2.65. The van der Waals surface area contributed by atoms with Crippen LogP contribution in [0.3, 0.4) is 0 Å². The summed E-state index contributed by atoms with van der Waals surface area (Å²) in [6.45, 7) is -0.331. The zero-order valence-electron chi connectivity index (χ0n) is 16.1. The predicted octanol–water partition coefficient (Wildman–Crippen LogP) is 3.69. The van der Waals surface area contributed by atoms with E-state index in [9.17, 15) is 18.8 Å². The summed E-state index contributed by atoms with van der Waals surface area (Å²) in [5.74, 6) is -0.359. The molecule has 150 valence electrons. The van der Waals surface area contributed by atoms with Gasteiger partial charge in [-0.15, -0.1) is 0 Å². The van der Waals surface area contributed by atoms with Crippen LogP contribution in [0.4, 0.5) is 0 Å². The van der Waals surface area contributed by atoms with Crippen molar-refractivity contribution >= 4 is 15.6 Å². The number of hydrogen-bond donors (Lipinski definition) is 1. The number of aliphatic hydroxyl groups excluding tert-OH is 1. The van der Waals surface area contributed by atoms with Gasteiger partial charge in [-0.05, 0) is 54.5 Å². The Kier molecular flexibility index (Phi) is 5.55. The molecule has 1 heterocycles. The molecule has 6 heteroatoms. The molecule has 0 spiro atoms. The Morgan fingerprint density at radius 2 is 1.79 bits per heavy atom. The van der Waals surface area contributed by atoms with E-state index >= 15 is 0 Å². The first kappa shape index (κ1) is 19.8. The van der Waals surface area contributed by atoms with Crippen LogP contribution in [0.25, 0.3) is 5.57 Å². The molecule has 0 amide bonds. The molecule has 2 aliphatic rings. The average Bonchev–Trinajstić information content (AvgIpc) is 2.75. The highest BCUT2D eigenvalue weighted by molar-refractivity contribution is 7.89. The second kappa shape index (κ2) is 8.11. The van der Waals surface area contributed by atoms with Crippen LogP contribution in [0.2, 0.25) is 0 Å². The van der Waals surface area contributed by atoms with Gasteiger partial charge in [-0.3, -0.25) is 0 Å². The predicted molar refractivity (Wildman–Crippen MR) is 111 cm³/mol. The van der Waals surface area contributed by atoms with Crippen LogP contribution in [-0.2, 0) is 10.0 Å². The van der Waals surface area contributed by atoms with E-state index in [0.717, 1.165) is 30.4 Å². The maximum Gasteiger partial charge on any atom is 0.244 e. The Bertz CT molecular complexity index is 1060. The smallest absolute Gasteiger partial charge is 0.244 e. The number of nitrogens with zero attached hydrogens (tertiary/aromatic N) is 2. The first-order chi connectivity index (χ1) is 14.1. The molecule has 2 aromatic rings. The number of hydrogen-bond acceptors (Lipinski definition) is 4. The summed E-state index contributed by atoms with van der Waals surface area (Å²) in [4.78, 5) is 0.139. The van der Waals surface area contributed by atoms with E-state index in [0.29, 0.717) is 0 Å². The number of sulfonamides is 1. The Balaban J connectivity index is 1.74. The Hall–Kier alpha value is -2.46. The fraction of sp³-hybridized carbons (Fsp3) is 0.348. The van der Waals surface area contributed by atoms with Crippen LogP contribution < -0.4 is 0 Å². The number of allylic oxidation sites excluding steroid dienone is 2. The van der Waals surface area contributed by atoms with Crippen molar-refractivity contribution in [2.24, 2.45) is 0 Å². The topological polar surface area (TPSA) is 81.4 Å². The number of nitriles is 1. The van der Waals surface area contributed by atoms with E-state index in [-0.39, 0.29) is 17.4 Å². The van der Waals surface area contributed by atoms with Gasteiger partial charge < -0.3 is 5.11 Å². The summed E-state index contributed by atoms with van der Waals surface area (Å²) in [6, 6.07) is 16.7. The lowest BCUT2D eigenvalue weighted by molar-refractivity contribution is 0.0555. The molecule has 4 rings (SSSR count). The minimum Gasteiger partial charge on any atom is -0.395 e. The van der Waals surface area contributed by atoms with Crippen molar-refractivity contribution in [3.8, 4) is 6.07 Å². The zero-order valence-corrected chi connectivity index (χ0v) is 16.9. The summed E-state index contributed by atoms with van der Waals surface area (Å²) in [7, 11) is -3.87. The van der Waals surface area contributed by atoms with E-state index in [2.05, 4.69) is 12.1 Å². The lowest BCUT2D eigenvalue weighted by atomic mass is 9.74. The normalized spacial score (nSPS) is 25.0. The first-order valence-electron chi connectivity index (χ1n) is 9.97. The van der Waals surface area contributed by atoms with Crippen LogP contribution in [0, 0.1) is 11.3 Å². The molecule has 1 N–H and O–H groups in total. The van der Waals surface area contributed by atoms with Crippen molar-refractivity contribution in [3.05, 3.63) is 71.8 Å². The van der Waals surface area contributed by atoms with Gasteiger partial charge in [0, 0.05) is 5.92 Å². The summed E-state index contributed by atoms with van der Waals surface area (Å²) in [5, 5.41) is 19.9. The second-order valence-corrected chi connectivity index (χ2v) is 9.40. The van der Waals surface area contributed by atoms with Gasteiger partial charge in [-0.25, -0.2) is 8.42 Å². The molecule has 3 atom stereocenters. The van der Waals surface area contributed by atoms with Gasteiger partial charge in [0.25, 0.3) is 0 Å². The van der Waals surface area contributed by atoms with Crippen molar-refractivity contribution < 1.29 is 13.5 Å². The molecule has 0 radical (unpaired) electrons. The molecule has 5 nitrogen and oxygen atoms in total. The lowest BCUT2D eigenvalue weighted by Gasteiger charge is -2.50. The summed E-state index contributed by atoms with van der Waals surface area (Å²) >= 11 is 0. The molecule has 1 fully saturated rings. The molecule has 0 bridgehead atoms. The quantitative estimate of drug-likeness (QED) is 0.818. The van der Waals surface area contributed by atoms with Crippen LogP contribution >= 0.6 is 0 Å². The van der Waals surface area contributed by atoms with Gasteiger partial charge in [-0.1, -0.05) is 48.5 Å². The summed E-state index contributed by atoms with van der Waals surface area (Å²) in [6.07, 6.45) is 6.57. The number of benzene rings is 2. The largest absolute Gasteiger partial charge is 0.395 e. The molecule has 0 aromatic heterocycles. The van der Waals surface area contributed by atoms with Crippen molar-refractivity contribution in [1.29, 1.82) is 5.26 Å². The van der Waals surface area contributed by atoms with Gasteiger partial charge in [0.15, 0.2) is 0 Å². The molecule has 2 aromatic carbocycles. The fourth-order valence-corrected chi connectivity index (χ4v) is 6.32. The monoisotopic (exact) mass is 408 g/mol. The van der Waals surface area contributed by atoms with Gasteiger partial charge in [0.05, 0.1) is 23.6 Å². The van der Waals surface area contributed by atoms with Gasteiger partial charge in [0.2, 0.25) is 10.0 Å². The Morgan fingerprint density at radius 3 is 2.45 bits per heavy atom. The van der Waals surface area contributed by atoms with Crippen LogP contribution in [0.15, 0.2) is 65.6 Å². The highest BCUT2D eigenvalue weighted by Gasteiger charge is 2.55.